The number of hydrogen-bond acceptors (Lipinski definition) is 3. The molecule has 4 nitrogen and oxygen atoms in total. The molecule has 0 radical (unpaired) electrons. The maximum absolute atomic E-state index is 12.5. The molecule has 2 rings (SSSR count). The van der Waals surface area contributed by atoms with Crippen LogP contribution in [0.15, 0.2) is 48.8 Å². The third-order valence-corrected chi connectivity index (χ3v) is 3.37. The first-order chi connectivity index (χ1) is 10.0. The molecular weight excluding hydrogens is 264 g/mol. The molecule has 1 unspecified atom stereocenters. The van der Waals surface area contributed by atoms with Crippen LogP contribution in [0.3, 0.4) is 0 Å². The van der Waals surface area contributed by atoms with Crippen LogP contribution in [0.1, 0.15) is 28.4 Å². The van der Waals surface area contributed by atoms with Crippen LogP contribution in [0, 0.1) is 6.92 Å². The number of hydrogen-bond donors (Lipinski definition) is 1. The van der Waals surface area contributed by atoms with Crippen molar-refractivity contribution in [2.75, 3.05) is 13.7 Å². The van der Waals surface area contributed by atoms with Crippen LogP contribution in [0.4, 0.5) is 0 Å². The van der Waals surface area contributed by atoms with Gasteiger partial charge in [-0.2, -0.15) is 0 Å². The Morgan fingerprint density at radius 1 is 1.29 bits per heavy atom. The molecule has 4 heteroatoms. The summed E-state index contributed by atoms with van der Waals surface area (Å²) < 4.78 is 5.29. The third-order valence-electron chi connectivity index (χ3n) is 3.37. The zero-order valence-corrected chi connectivity index (χ0v) is 12.6. The van der Waals surface area contributed by atoms with Crippen molar-refractivity contribution in [3.8, 4) is 0 Å². The Hall–Kier alpha value is -2.20. The predicted molar refractivity (Wildman–Crippen MR) is 82.1 cm³/mol. The van der Waals surface area contributed by atoms with Gasteiger partial charge in [0.2, 0.25) is 0 Å². The molecule has 110 valence electrons. The van der Waals surface area contributed by atoms with Crippen LogP contribution < -0.4 is 5.32 Å². The van der Waals surface area contributed by atoms with Crippen LogP contribution >= 0.6 is 0 Å². The number of pyridine rings is 1. The van der Waals surface area contributed by atoms with Gasteiger partial charge in [-0.05, 0) is 31.0 Å². The molecule has 1 aromatic carbocycles. The summed E-state index contributed by atoms with van der Waals surface area (Å²) in [7, 11) is 1.63. The highest BCUT2D eigenvalue weighted by molar-refractivity contribution is 5.94. The molecular formula is C17H20N2O2. The number of aromatic nitrogens is 1. The molecule has 0 bridgehead atoms. The summed E-state index contributed by atoms with van der Waals surface area (Å²) in [6.07, 6.45) is 3.29. The maximum atomic E-state index is 12.5. The van der Waals surface area contributed by atoms with E-state index in [1.54, 1.807) is 19.5 Å². The van der Waals surface area contributed by atoms with Gasteiger partial charge in [0.05, 0.1) is 17.7 Å². The summed E-state index contributed by atoms with van der Waals surface area (Å²) in [5.41, 5.74) is 1.92. The highest BCUT2D eigenvalue weighted by Crippen LogP contribution is 2.21. The standard InChI is InChI=1S/C17H20N2O2/c1-13-9-14(11-18-10-13)16(20)19-17(2,12-21-3)15-7-5-4-6-8-15/h4-11H,12H2,1-3H3,(H,19,20). The fourth-order valence-electron chi connectivity index (χ4n) is 2.29. The van der Waals surface area contributed by atoms with Crippen molar-refractivity contribution < 1.29 is 9.53 Å². The Balaban J connectivity index is 2.26. The number of nitrogens with zero attached hydrogens (tertiary/aromatic N) is 1. The van der Waals surface area contributed by atoms with E-state index in [-0.39, 0.29) is 5.91 Å². The first kappa shape index (κ1) is 15.2. The van der Waals surface area contributed by atoms with Crippen LogP contribution in [-0.4, -0.2) is 24.6 Å². The Kier molecular flexibility index (Phi) is 4.70. The molecule has 2 aromatic rings. The second-order valence-corrected chi connectivity index (χ2v) is 5.34. The van der Waals surface area contributed by atoms with Gasteiger partial charge in [0.1, 0.15) is 0 Å². The van der Waals surface area contributed by atoms with E-state index in [0.717, 1.165) is 11.1 Å². The van der Waals surface area contributed by atoms with E-state index in [0.29, 0.717) is 12.2 Å². The monoisotopic (exact) mass is 284 g/mol. The minimum atomic E-state index is -0.586. The lowest BCUT2D eigenvalue weighted by Crippen LogP contribution is -2.46. The number of rotatable bonds is 5. The van der Waals surface area contributed by atoms with Crippen LogP contribution in [0.25, 0.3) is 0 Å². The number of aryl methyl sites for hydroxylation is 1. The Morgan fingerprint density at radius 2 is 2.00 bits per heavy atom. The van der Waals surface area contributed by atoms with Gasteiger partial charge in [-0.25, -0.2) is 0 Å². The molecule has 0 spiro atoms. The largest absolute Gasteiger partial charge is 0.382 e. The molecule has 0 aliphatic carbocycles. The normalized spacial score (nSPS) is 13.5. The minimum absolute atomic E-state index is 0.158. The van der Waals surface area contributed by atoms with Gasteiger partial charge in [0.25, 0.3) is 5.91 Å². The SMILES string of the molecule is COCC(C)(NC(=O)c1cncc(C)c1)c1ccccc1. The molecule has 1 N–H and O–H groups in total. The number of carbonyl (C=O) groups is 1. The fourth-order valence-corrected chi connectivity index (χ4v) is 2.29. The van der Waals surface area contributed by atoms with Crippen molar-refractivity contribution in [2.45, 2.75) is 19.4 Å². The van der Waals surface area contributed by atoms with E-state index in [1.807, 2.05) is 50.2 Å². The molecule has 1 amide bonds. The Labute approximate surface area is 125 Å². The number of nitrogens with one attached hydrogen (secondary N) is 1. The van der Waals surface area contributed by atoms with Gasteiger partial charge in [0, 0.05) is 19.5 Å². The lowest BCUT2D eigenvalue weighted by molar-refractivity contribution is 0.0785. The average molecular weight is 284 g/mol. The minimum Gasteiger partial charge on any atom is -0.382 e. The molecule has 0 saturated heterocycles. The third kappa shape index (κ3) is 3.67. The number of amides is 1. The van der Waals surface area contributed by atoms with E-state index >= 15 is 0 Å². The molecule has 21 heavy (non-hydrogen) atoms. The summed E-state index contributed by atoms with van der Waals surface area (Å²) >= 11 is 0. The number of carbonyl (C=O) groups excluding carboxylic acids is 1. The van der Waals surface area contributed by atoms with E-state index in [2.05, 4.69) is 10.3 Å². The topological polar surface area (TPSA) is 51.2 Å². The van der Waals surface area contributed by atoms with E-state index in [1.165, 1.54) is 0 Å². The van der Waals surface area contributed by atoms with Crippen LogP contribution in [0.2, 0.25) is 0 Å². The lowest BCUT2D eigenvalue weighted by atomic mass is 9.92. The summed E-state index contributed by atoms with van der Waals surface area (Å²) in [5.74, 6) is -0.158. The summed E-state index contributed by atoms with van der Waals surface area (Å²) in [6, 6.07) is 11.6. The average Bonchev–Trinajstić information content (AvgIpc) is 2.48. The van der Waals surface area contributed by atoms with Gasteiger partial charge in [-0.1, -0.05) is 30.3 Å². The van der Waals surface area contributed by atoms with Crippen molar-refractivity contribution in [1.82, 2.24) is 10.3 Å². The first-order valence-corrected chi connectivity index (χ1v) is 6.84. The molecule has 0 aliphatic heterocycles. The molecule has 0 aliphatic rings. The smallest absolute Gasteiger partial charge is 0.253 e. The van der Waals surface area contributed by atoms with E-state index in [4.69, 9.17) is 4.74 Å². The van der Waals surface area contributed by atoms with Gasteiger partial charge < -0.3 is 10.1 Å². The second kappa shape index (κ2) is 6.50. The van der Waals surface area contributed by atoms with E-state index in [9.17, 15) is 4.79 Å². The highest BCUT2D eigenvalue weighted by Gasteiger charge is 2.29. The molecule has 0 saturated carbocycles. The van der Waals surface area contributed by atoms with Gasteiger partial charge in [-0.15, -0.1) is 0 Å². The first-order valence-electron chi connectivity index (χ1n) is 6.84. The van der Waals surface area contributed by atoms with Crippen molar-refractivity contribution in [3.05, 3.63) is 65.5 Å². The van der Waals surface area contributed by atoms with Crippen molar-refractivity contribution in [3.63, 3.8) is 0 Å². The second-order valence-electron chi connectivity index (χ2n) is 5.34. The molecule has 1 atom stereocenters. The quantitative estimate of drug-likeness (QED) is 0.918. The number of ether oxygens (including phenoxy) is 1. The van der Waals surface area contributed by atoms with Crippen molar-refractivity contribution in [1.29, 1.82) is 0 Å². The Morgan fingerprint density at radius 3 is 2.62 bits per heavy atom. The molecule has 1 aromatic heterocycles. The summed E-state index contributed by atoms with van der Waals surface area (Å²) in [5, 5.41) is 3.05. The lowest BCUT2D eigenvalue weighted by Gasteiger charge is -2.30. The Bertz CT molecular complexity index is 613. The molecule has 0 fully saturated rings. The number of benzene rings is 1. The summed E-state index contributed by atoms with van der Waals surface area (Å²) in [4.78, 5) is 16.5. The summed E-state index contributed by atoms with van der Waals surface area (Å²) in [6.45, 7) is 4.25. The highest BCUT2D eigenvalue weighted by atomic mass is 16.5. The zero-order valence-electron chi connectivity index (χ0n) is 12.6. The van der Waals surface area contributed by atoms with Crippen molar-refractivity contribution >= 4 is 5.91 Å². The van der Waals surface area contributed by atoms with Crippen LogP contribution in [0.5, 0.6) is 0 Å². The van der Waals surface area contributed by atoms with Gasteiger partial charge >= 0.3 is 0 Å². The van der Waals surface area contributed by atoms with Crippen molar-refractivity contribution in [2.24, 2.45) is 0 Å². The zero-order chi connectivity index (χ0) is 15.3. The van der Waals surface area contributed by atoms with Gasteiger partial charge in [-0.3, -0.25) is 9.78 Å². The van der Waals surface area contributed by atoms with Gasteiger partial charge in [0.15, 0.2) is 0 Å². The predicted octanol–water partition coefficient (Wildman–Crippen LogP) is 2.68. The maximum Gasteiger partial charge on any atom is 0.253 e. The molecule has 1 heterocycles. The fraction of sp³-hybridized carbons (Fsp3) is 0.294. The van der Waals surface area contributed by atoms with E-state index < -0.39 is 5.54 Å². The van der Waals surface area contributed by atoms with Crippen LogP contribution in [-0.2, 0) is 10.3 Å². The number of methoxy groups -OCH3 is 1.